The standard InChI is InChI=1S/C20H33NO3SSi/c1-17(9-8-16-24-26(6,7)20(3,4)5)14-15-21-25(22,23)19-12-10-18(2)11-13-19/h8,10-13,16,21H,1,9,14-15H2,2-7H3/b16-8+. The molecule has 4 nitrogen and oxygen atoms in total. The third-order valence-corrected chi connectivity index (χ3v) is 10.6. The third kappa shape index (κ3) is 7.09. The molecule has 0 aliphatic rings. The molecule has 0 spiro atoms. The van der Waals surface area contributed by atoms with Crippen molar-refractivity contribution in [1.82, 2.24) is 4.72 Å². The van der Waals surface area contributed by atoms with Crippen LogP contribution in [-0.4, -0.2) is 23.3 Å². The minimum absolute atomic E-state index is 0.169. The normalized spacial score (nSPS) is 13.2. The minimum Gasteiger partial charge on any atom is -0.549 e. The first-order chi connectivity index (χ1) is 11.8. The number of aryl methyl sites for hydroxylation is 1. The molecule has 0 aliphatic heterocycles. The van der Waals surface area contributed by atoms with Gasteiger partial charge >= 0.3 is 0 Å². The van der Waals surface area contributed by atoms with E-state index in [1.807, 2.05) is 13.0 Å². The molecule has 0 unspecified atom stereocenters. The Bertz CT molecular complexity index is 729. The van der Waals surface area contributed by atoms with Gasteiger partial charge in [0.25, 0.3) is 0 Å². The van der Waals surface area contributed by atoms with Crippen molar-refractivity contribution in [2.75, 3.05) is 6.54 Å². The number of nitrogens with one attached hydrogen (secondary N) is 1. The summed E-state index contributed by atoms with van der Waals surface area (Å²) in [5, 5.41) is 0.169. The maximum Gasteiger partial charge on any atom is 0.249 e. The van der Waals surface area contributed by atoms with Crippen molar-refractivity contribution < 1.29 is 12.8 Å². The fraction of sp³-hybridized carbons (Fsp3) is 0.500. The Hall–Kier alpha value is -1.37. The molecule has 0 atom stereocenters. The third-order valence-electron chi connectivity index (χ3n) is 4.77. The molecular formula is C20H33NO3SSi. The molecular weight excluding hydrogens is 362 g/mol. The second-order valence-corrected chi connectivity index (χ2v) is 14.7. The average Bonchev–Trinajstić information content (AvgIpc) is 2.50. The van der Waals surface area contributed by atoms with E-state index in [0.29, 0.717) is 19.4 Å². The lowest BCUT2D eigenvalue weighted by molar-refractivity contribution is 0.428. The molecule has 0 bridgehead atoms. The molecule has 0 saturated carbocycles. The number of benzene rings is 1. The summed E-state index contributed by atoms with van der Waals surface area (Å²) < 4.78 is 33.0. The summed E-state index contributed by atoms with van der Waals surface area (Å²) in [5.74, 6) is 0. The highest BCUT2D eigenvalue weighted by atomic mass is 32.2. The lowest BCUT2D eigenvalue weighted by Gasteiger charge is -2.35. The second kappa shape index (κ2) is 9.02. The molecule has 0 radical (unpaired) electrons. The number of hydrogen-bond acceptors (Lipinski definition) is 3. The van der Waals surface area contributed by atoms with Gasteiger partial charge in [0.15, 0.2) is 0 Å². The monoisotopic (exact) mass is 395 g/mol. The van der Waals surface area contributed by atoms with Crippen LogP contribution in [0.4, 0.5) is 0 Å². The average molecular weight is 396 g/mol. The van der Waals surface area contributed by atoms with Crippen molar-refractivity contribution in [3.05, 3.63) is 54.3 Å². The summed E-state index contributed by atoms with van der Waals surface area (Å²) in [5.41, 5.74) is 2.00. The number of hydrogen-bond donors (Lipinski definition) is 1. The summed E-state index contributed by atoms with van der Waals surface area (Å²) in [6.45, 7) is 17.3. The fourth-order valence-electron chi connectivity index (χ4n) is 1.87. The first-order valence-electron chi connectivity index (χ1n) is 8.91. The van der Waals surface area contributed by atoms with Gasteiger partial charge < -0.3 is 4.43 Å². The molecule has 0 amide bonds. The van der Waals surface area contributed by atoms with Gasteiger partial charge in [0.05, 0.1) is 11.2 Å². The Morgan fingerprint density at radius 1 is 1.23 bits per heavy atom. The van der Waals surface area contributed by atoms with Gasteiger partial charge in [-0.2, -0.15) is 0 Å². The van der Waals surface area contributed by atoms with Crippen LogP contribution in [0.1, 0.15) is 39.2 Å². The minimum atomic E-state index is -3.46. The van der Waals surface area contributed by atoms with Crippen molar-refractivity contribution in [3.63, 3.8) is 0 Å². The molecule has 0 aliphatic carbocycles. The van der Waals surface area contributed by atoms with Gasteiger partial charge in [-0.3, -0.25) is 0 Å². The Kier molecular flexibility index (Phi) is 7.86. The summed E-state index contributed by atoms with van der Waals surface area (Å²) in [6, 6.07) is 6.82. The van der Waals surface area contributed by atoms with Gasteiger partial charge in [-0.05, 0) is 56.1 Å². The second-order valence-electron chi connectivity index (χ2n) is 8.16. The van der Waals surface area contributed by atoms with Crippen molar-refractivity contribution in [2.24, 2.45) is 0 Å². The molecule has 1 N–H and O–H groups in total. The van der Waals surface area contributed by atoms with Crippen molar-refractivity contribution in [1.29, 1.82) is 0 Å². The molecule has 1 aromatic carbocycles. The van der Waals surface area contributed by atoms with Crippen LogP contribution in [0.2, 0.25) is 18.1 Å². The Morgan fingerprint density at radius 2 is 1.81 bits per heavy atom. The topological polar surface area (TPSA) is 55.4 Å². The maximum absolute atomic E-state index is 12.2. The molecule has 0 saturated heterocycles. The van der Waals surface area contributed by atoms with Gasteiger partial charge in [0.2, 0.25) is 18.3 Å². The summed E-state index contributed by atoms with van der Waals surface area (Å²) in [4.78, 5) is 0.288. The van der Waals surface area contributed by atoms with E-state index in [2.05, 4.69) is 45.2 Å². The molecule has 26 heavy (non-hydrogen) atoms. The number of rotatable bonds is 9. The molecule has 0 heterocycles. The molecule has 0 aromatic heterocycles. The maximum atomic E-state index is 12.2. The van der Waals surface area contributed by atoms with Gasteiger partial charge in [-0.15, -0.1) is 0 Å². The van der Waals surface area contributed by atoms with E-state index < -0.39 is 18.3 Å². The molecule has 146 valence electrons. The van der Waals surface area contributed by atoms with E-state index in [9.17, 15) is 8.42 Å². The van der Waals surface area contributed by atoms with Crippen LogP contribution in [0.25, 0.3) is 0 Å². The molecule has 1 rings (SSSR count). The summed E-state index contributed by atoms with van der Waals surface area (Å²) >= 11 is 0. The van der Waals surface area contributed by atoms with E-state index in [1.54, 1.807) is 30.5 Å². The number of sulfonamides is 1. The van der Waals surface area contributed by atoms with Crippen LogP contribution in [-0.2, 0) is 14.4 Å². The largest absolute Gasteiger partial charge is 0.549 e. The fourth-order valence-corrected chi connectivity index (χ4v) is 3.70. The molecule has 1 aromatic rings. The van der Waals surface area contributed by atoms with Crippen molar-refractivity contribution >= 4 is 18.3 Å². The van der Waals surface area contributed by atoms with Crippen LogP contribution >= 0.6 is 0 Å². The summed E-state index contributed by atoms with van der Waals surface area (Å²) in [7, 11) is -5.24. The zero-order valence-corrected chi connectivity index (χ0v) is 18.7. The van der Waals surface area contributed by atoms with Crippen LogP contribution in [0, 0.1) is 6.92 Å². The zero-order chi connectivity index (χ0) is 20.0. The number of allylic oxidation sites excluding steroid dienone is 1. The van der Waals surface area contributed by atoms with E-state index in [-0.39, 0.29) is 9.93 Å². The van der Waals surface area contributed by atoms with Crippen molar-refractivity contribution in [2.45, 2.75) is 63.6 Å². The Balaban J connectivity index is 2.41. The highest BCUT2D eigenvalue weighted by molar-refractivity contribution is 7.89. The van der Waals surface area contributed by atoms with Gasteiger partial charge in [-0.25, -0.2) is 13.1 Å². The van der Waals surface area contributed by atoms with Crippen LogP contribution in [0.5, 0.6) is 0 Å². The predicted molar refractivity (Wildman–Crippen MR) is 112 cm³/mol. The van der Waals surface area contributed by atoms with Crippen LogP contribution in [0.15, 0.2) is 53.7 Å². The van der Waals surface area contributed by atoms with E-state index in [0.717, 1.165) is 11.1 Å². The lowest BCUT2D eigenvalue weighted by atomic mass is 10.1. The van der Waals surface area contributed by atoms with E-state index in [4.69, 9.17) is 4.43 Å². The van der Waals surface area contributed by atoms with Gasteiger partial charge in [0.1, 0.15) is 0 Å². The van der Waals surface area contributed by atoms with Crippen LogP contribution < -0.4 is 4.72 Å². The lowest BCUT2D eigenvalue weighted by Crippen LogP contribution is -2.39. The Labute approximate surface area is 160 Å². The Morgan fingerprint density at radius 3 is 2.35 bits per heavy atom. The summed E-state index contributed by atoms with van der Waals surface area (Å²) in [6.07, 6.45) is 5.01. The van der Waals surface area contributed by atoms with Gasteiger partial charge in [-0.1, -0.05) is 50.6 Å². The highest BCUT2D eigenvalue weighted by Crippen LogP contribution is 2.36. The van der Waals surface area contributed by atoms with Crippen molar-refractivity contribution in [3.8, 4) is 0 Å². The van der Waals surface area contributed by atoms with E-state index >= 15 is 0 Å². The molecule has 6 heteroatoms. The SMILES string of the molecule is C=C(C/C=C/O[Si](C)(C)C(C)(C)C)CCNS(=O)(=O)c1ccc(C)cc1. The zero-order valence-electron chi connectivity index (χ0n) is 16.9. The quantitative estimate of drug-likeness (QED) is 0.357. The van der Waals surface area contributed by atoms with E-state index in [1.165, 1.54) is 0 Å². The first kappa shape index (κ1) is 22.7. The molecule has 0 fully saturated rings. The highest BCUT2D eigenvalue weighted by Gasteiger charge is 2.37. The first-order valence-corrected chi connectivity index (χ1v) is 13.3. The predicted octanol–water partition coefficient (Wildman–Crippen LogP) is 5.15. The van der Waals surface area contributed by atoms with Gasteiger partial charge in [0, 0.05) is 6.54 Å². The van der Waals surface area contributed by atoms with Crippen LogP contribution in [0.3, 0.4) is 0 Å². The smallest absolute Gasteiger partial charge is 0.249 e.